The lowest BCUT2D eigenvalue weighted by Gasteiger charge is -2.03. The second kappa shape index (κ2) is 5.90. The summed E-state index contributed by atoms with van der Waals surface area (Å²) in [5, 5.41) is 22.1. The molecule has 114 valence electrons. The maximum absolute atomic E-state index is 12.2. The molecule has 0 bridgehead atoms. The first-order valence-corrected chi connectivity index (χ1v) is 6.34. The molecule has 0 aliphatic rings. The topological polar surface area (TPSA) is 121 Å². The van der Waals surface area contributed by atoms with E-state index >= 15 is 0 Å². The van der Waals surface area contributed by atoms with Crippen LogP contribution in [0.2, 0.25) is 5.02 Å². The first-order chi connectivity index (χ1) is 10.3. The first-order valence-electron chi connectivity index (χ1n) is 5.96. The van der Waals surface area contributed by atoms with E-state index < -0.39 is 33.8 Å². The smallest absolute Gasteiger partial charge is 0.358 e. The number of ketones is 1. The number of aryl methyl sites for hydroxylation is 1. The molecule has 22 heavy (non-hydrogen) atoms. The minimum Gasteiger partial charge on any atom is -0.358 e. The molecule has 0 amide bonds. The highest BCUT2D eigenvalue weighted by Gasteiger charge is 2.36. The Morgan fingerprint density at radius 3 is 2.45 bits per heavy atom. The van der Waals surface area contributed by atoms with Gasteiger partial charge >= 0.3 is 17.5 Å². The maximum Gasteiger partial charge on any atom is 0.462 e. The number of Topliss-reactive ketones (excluding diaryl/α,β-unsaturated/α-hetero) is 1. The van der Waals surface area contributed by atoms with Crippen molar-refractivity contribution in [1.82, 2.24) is 9.55 Å². The minimum atomic E-state index is -0.957. The molecule has 0 aliphatic heterocycles. The summed E-state index contributed by atoms with van der Waals surface area (Å²) in [6.45, 7) is 0.882. The van der Waals surface area contributed by atoms with E-state index in [2.05, 4.69) is 4.98 Å². The fourth-order valence-electron chi connectivity index (χ4n) is 1.95. The zero-order valence-electron chi connectivity index (χ0n) is 11.2. The molecule has 9 nitrogen and oxygen atoms in total. The summed E-state index contributed by atoms with van der Waals surface area (Å²) >= 11 is 5.90. The van der Waals surface area contributed by atoms with Crippen LogP contribution in [-0.2, 0) is 6.54 Å². The summed E-state index contributed by atoms with van der Waals surface area (Å²) in [7, 11) is 0. The van der Waals surface area contributed by atoms with Gasteiger partial charge in [-0.1, -0.05) is 23.7 Å². The molecule has 10 heteroatoms. The number of hydrogen-bond acceptors (Lipinski definition) is 6. The van der Waals surface area contributed by atoms with Gasteiger partial charge in [0.05, 0.1) is 5.02 Å². The average molecular weight is 325 g/mol. The van der Waals surface area contributed by atoms with Crippen molar-refractivity contribution in [3.8, 4) is 0 Å². The molecule has 0 N–H and O–H groups in total. The number of imidazole rings is 1. The summed E-state index contributed by atoms with van der Waals surface area (Å²) in [6, 6.07) is 6.20. The Morgan fingerprint density at radius 1 is 1.27 bits per heavy atom. The fourth-order valence-corrected chi connectivity index (χ4v) is 2.19. The quantitative estimate of drug-likeness (QED) is 0.473. The molecule has 0 saturated heterocycles. The molecule has 0 aliphatic carbocycles. The summed E-state index contributed by atoms with van der Waals surface area (Å²) in [5.74, 6) is -2.24. The molecule has 1 aromatic heterocycles. The molecular weight excluding hydrogens is 316 g/mol. The van der Waals surface area contributed by atoms with E-state index in [0.717, 1.165) is 4.57 Å². The van der Waals surface area contributed by atoms with Crippen molar-refractivity contribution in [2.45, 2.75) is 13.5 Å². The van der Waals surface area contributed by atoms with Crippen LogP contribution in [0.1, 0.15) is 16.2 Å². The van der Waals surface area contributed by atoms with Gasteiger partial charge in [-0.15, -0.1) is 0 Å². The lowest BCUT2D eigenvalue weighted by Crippen LogP contribution is -2.14. The van der Waals surface area contributed by atoms with Crippen molar-refractivity contribution in [1.29, 1.82) is 0 Å². The van der Waals surface area contributed by atoms with Gasteiger partial charge in [-0.3, -0.25) is 4.79 Å². The number of benzene rings is 1. The molecule has 0 unspecified atom stereocenters. The van der Waals surface area contributed by atoms with Crippen LogP contribution in [0, 0.1) is 27.2 Å². The highest BCUT2D eigenvalue weighted by Crippen LogP contribution is 2.28. The van der Waals surface area contributed by atoms with Gasteiger partial charge in [0, 0.05) is 17.5 Å². The predicted molar refractivity (Wildman–Crippen MR) is 76.1 cm³/mol. The molecule has 0 radical (unpaired) electrons. The number of rotatable bonds is 5. The molecule has 0 spiro atoms. The number of hydrogen-bond donors (Lipinski definition) is 0. The van der Waals surface area contributed by atoms with E-state index in [4.69, 9.17) is 11.6 Å². The van der Waals surface area contributed by atoms with E-state index in [1.54, 1.807) is 12.1 Å². The summed E-state index contributed by atoms with van der Waals surface area (Å²) in [5.41, 5.74) is 0.175. The zero-order chi connectivity index (χ0) is 16.4. The number of nitrogens with zero attached hydrogens (tertiary/aromatic N) is 4. The summed E-state index contributed by atoms with van der Waals surface area (Å²) in [6.07, 6.45) is 0. The second-order valence-corrected chi connectivity index (χ2v) is 4.72. The molecule has 0 saturated carbocycles. The highest BCUT2D eigenvalue weighted by molar-refractivity contribution is 6.33. The Kier molecular flexibility index (Phi) is 4.18. The van der Waals surface area contributed by atoms with Crippen molar-refractivity contribution in [3.05, 3.63) is 60.9 Å². The maximum atomic E-state index is 12.2. The van der Waals surface area contributed by atoms with Gasteiger partial charge in [0.2, 0.25) is 5.78 Å². The van der Waals surface area contributed by atoms with Gasteiger partial charge in [0.15, 0.2) is 6.54 Å². The monoisotopic (exact) mass is 324 g/mol. The highest BCUT2D eigenvalue weighted by atomic mass is 35.5. The third-order valence-corrected chi connectivity index (χ3v) is 3.27. The number of nitro groups is 2. The van der Waals surface area contributed by atoms with Gasteiger partial charge in [-0.25, -0.2) is 0 Å². The molecule has 1 heterocycles. The first kappa shape index (κ1) is 15.6. The lowest BCUT2D eigenvalue weighted by molar-refractivity contribution is -0.428. The minimum absolute atomic E-state index is 0.00111. The van der Waals surface area contributed by atoms with E-state index in [1.165, 1.54) is 19.1 Å². The Labute approximate surface area is 128 Å². The largest absolute Gasteiger partial charge is 0.462 e. The Balaban J connectivity index is 2.46. The van der Waals surface area contributed by atoms with Crippen LogP contribution < -0.4 is 0 Å². The molecule has 0 fully saturated rings. The van der Waals surface area contributed by atoms with Crippen LogP contribution in [-0.4, -0.2) is 25.2 Å². The van der Waals surface area contributed by atoms with Crippen LogP contribution in [0.15, 0.2) is 24.3 Å². The molecule has 0 atom stereocenters. The van der Waals surface area contributed by atoms with Crippen LogP contribution >= 0.6 is 11.6 Å². The molecular formula is C12H9ClN4O5. The zero-order valence-corrected chi connectivity index (χ0v) is 12.0. The van der Waals surface area contributed by atoms with Crippen molar-refractivity contribution < 1.29 is 14.6 Å². The molecule has 2 rings (SSSR count). The van der Waals surface area contributed by atoms with Gasteiger partial charge in [0.1, 0.15) is 0 Å². The van der Waals surface area contributed by atoms with Gasteiger partial charge < -0.3 is 20.2 Å². The van der Waals surface area contributed by atoms with E-state index in [9.17, 15) is 25.0 Å². The lowest BCUT2D eigenvalue weighted by atomic mass is 10.1. The standard InChI is InChI=1S/C12H9ClN4O5/c1-7-14-11(16(19)20)12(17(21)22)15(7)6-10(18)8-4-2-3-5-9(8)13/h2-5H,6H2,1H3. The van der Waals surface area contributed by atoms with E-state index in [-0.39, 0.29) is 16.4 Å². The van der Waals surface area contributed by atoms with E-state index in [0.29, 0.717) is 0 Å². The molecule has 2 aromatic rings. The van der Waals surface area contributed by atoms with Gasteiger partial charge in [-0.2, -0.15) is 4.57 Å². The predicted octanol–water partition coefficient (Wildman–Crippen LogP) is 2.54. The van der Waals surface area contributed by atoms with Crippen LogP contribution in [0.3, 0.4) is 0 Å². The Bertz CT molecular complexity index is 786. The van der Waals surface area contributed by atoms with Gasteiger partial charge in [-0.05, 0) is 22.0 Å². The average Bonchev–Trinajstić information content (AvgIpc) is 2.77. The Hall–Kier alpha value is -2.81. The second-order valence-electron chi connectivity index (χ2n) is 4.31. The van der Waals surface area contributed by atoms with Crippen LogP contribution in [0.5, 0.6) is 0 Å². The van der Waals surface area contributed by atoms with Crippen molar-refractivity contribution in [3.63, 3.8) is 0 Å². The summed E-state index contributed by atoms with van der Waals surface area (Å²) in [4.78, 5) is 35.7. The van der Waals surface area contributed by atoms with Crippen LogP contribution in [0.4, 0.5) is 11.6 Å². The van der Waals surface area contributed by atoms with Crippen molar-refractivity contribution in [2.75, 3.05) is 0 Å². The third kappa shape index (κ3) is 2.79. The summed E-state index contributed by atoms with van der Waals surface area (Å²) < 4.78 is 0.893. The van der Waals surface area contributed by atoms with Crippen molar-refractivity contribution in [2.24, 2.45) is 0 Å². The SMILES string of the molecule is Cc1nc([N+](=O)[O-])c([N+](=O)[O-])n1CC(=O)c1ccccc1Cl. The normalized spacial score (nSPS) is 10.5. The number of carbonyl (C=O) groups excluding carboxylic acids is 1. The number of aromatic nitrogens is 2. The number of halogens is 1. The fraction of sp³-hybridized carbons (Fsp3) is 0.167. The van der Waals surface area contributed by atoms with Crippen LogP contribution in [0.25, 0.3) is 0 Å². The Morgan fingerprint density at radius 2 is 1.91 bits per heavy atom. The number of carbonyl (C=O) groups is 1. The van der Waals surface area contributed by atoms with E-state index in [1.807, 2.05) is 0 Å². The third-order valence-electron chi connectivity index (χ3n) is 2.94. The molecule has 1 aromatic carbocycles. The van der Waals surface area contributed by atoms with Gasteiger partial charge in [0.25, 0.3) is 0 Å². The van der Waals surface area contributed by atoms with Crippen molar-refractivity contribution >= 4 is 29.0 Å².